The van der Waals surface area contributed by atoms with E-state index in [1.54, 1.807) is 12.1 Å². The zero-order chi connectivity index (χ0) is 14.1. The molecule has 1 aliphatic rings. The quantitative estimate of drug-likeness (QED) is 0.853. The lowest BCUT2D eigenvalue weighted by atomic mass is 9.95. The van der Waals surface area contributed by atoms with Crippen LogP contribution in [0.15, 0.2) is 18.2 Å². The summed E-state index contributed by atoms with van der Waals surface area (Å²) in [4.78, 5) is 0. The van der Waals surface area contributed by atoms with Crippen LogP contribution in [-0.4, -0.2) is 14.8 Å². The van der Waals surface area contributed by atoms with Crippen molar-refractivity contribution < 1.29 is 4.39 Å². The maximum absolute atomic E-state index is 13.3. The van der Waals surface area contributed by atoms with E-state index < -0.39 is 5.82 Å². The number of anilines is 1. The van der Waals surface area contributed by atoms with Crippen molar-refractivity contribution in [3.63, 3.8) is 0 Å². The fourth-order valence-corrected chi connectivity index (χ4v) is 3.03. The minimum absolute atomic E-state index is 0.151. The highest BCUT2D eigenvalue weighted by molar-refractivity contribution is 5.62. The molecule has 1 fully saturated rings. The number of nitrogens with zero attached hydrogens (tertiary/aromatic N) is 3. The second-order valence-electron chi connectivity index (χ2n) is 5.47. The lowest BCUT2D eigenvalue weighted by molar-refractivity contribution is 0.350. The topological polar surface area (TPSA) is 56.7 Å². The third-order valence-corrected chi connectivity index (χ3v) is 4.06. The summed E-state index contributed by atoms with van der Waals surface area (Å²) in [6, 6.07) is 5.19. The number of nitrogen functional groups attached to an aromatic ring is 1. The van der Waals surface area contributed by atoms with Crippen molar-refractivity contribution in [3.05, 3.63) is 29.8 Å². The zero-order valence-corrected chi connectivity index (χ0v) is 11.6. The van der Waals surface area contributed by atoms with Gasteiger partial charge in [0.2, 0.25) is 0 Å². The first-order valence-corrected chi connectivity index (χ1v) is 7.13. The van der Waals surface area contributed by atoms with Gasteiger partial charge in [0.1, 0.15) is 11.6 Å². The number of aromatic nitrogens is 3. The normalized spacial score (nSPS) is 16.5. The molecule has 1 aliphatic carbocycles. The molecule has 0 aliphatic heterocycles. The summed E-state index contributed by atoms with van der Waals surface area (Å²) < 4.78 is 15.5. The van der Waals surface area contributed by atoms with E-state index in [0.29, 0.717) is 6.04 Å². The van der Waals surface area contributed by atoms with Crippen LogP contribution in [0.25, 0.3) is 11.4 Å². The number of hydrogen-bond donors (Lipinski definition) is 1. The van der Waals surface area contributed by atoms with Crippen molar-refractivity contribution in [2.75, 3.05) is 5.73 Å². The predicted octanol–water partition coefficient (Wildman–Crippen LogP) is 3.48. The first-order chi connectivity index (χ1) is 9.66. The van der Waals surface area contributed by atoms with Gasteiger partial charge >= 0.3 is 0 Å². The molecule has 1 saturated carbocycles. The van der Waals surface area contributed by atoms with E-state index in [-0.39, 0.29) is 5.69 Å². The summed E-state index contributed by atoms with van der Waals surface area (Å²) >= 11 is 0. The SMILES string of the molecule is Cc1nnc(-c2ccc(F)c(N)c2)n1C1CCCCC1. The molecular weight excluding hydrogens is 255 g/mol. The van der Waals surface area contributed by atoms with E-state index in [9.17, 15) is 4.39 Å². The average Bonchev–Trinajstić information content (AvgIpc) is 2.85. The van der Waals surface area contributed by atoms with Crippen LogP contribution in [0.2, 0.25) is 0 Å². The molecule has 0 spiro atoms. The molecule has 0 bridgehead atoms. The van der Waals surface area contributed by atoms with Gasteiger partial charge in [-0.2, -0.15) is 0 Å². The average molecular weight is 274 g/mol. The van der Waals surface area contributed by atoms with Crippen LogP contribution in [0.5, 0.6) is 0 Å². The van der Waals surface area contributed by atoms with Crippen molar-refractivity contribution in [2.24, 2.45) is 0 Å². The molecule has 1 heterocycles. The number of rotatable bonds is 2. The second-order valence-corrected chi connectivity index (χ2v) is 5.47. The Hall–Kier alpha value is -1.91. The minimum Gasteiger partial charge on any atom is -0.396 e. The summed E-state index contributed by atoms with van der Waals surface area (Å²) in [6.45, 7) is 1.97. The van der Waals surface area contributed by atoms with Crippen LogP contribution in [-0.2, 0) is 0 Å². The van der Waals surface area contributed by atoms with Crippen molar-refractivity contribution in [1.82, 2.24) is 14.8 Å². The van der Waals surface area contributed by atoms with E-state index in [1.165, 1.54) is 25.3 Å². The molecule has 106 valence electrons. The number of benzene rings is 1. The third-order valence-electron chi connectivity index (χ3n) is 4.06. The summed E-state index contributed by atoms with van der Waals surface area (Å²) in [5.74, 6) is 1.31. The van der Waals surface area contributed by atoms with Crippen LogP contribution in [0.1, 0.15) is 44.0 Å². The molecule has 20 heavy (non-hydrogen) atoms. The molecule has 2 aromatic rings. The molecule has 4 nitrogen and oxygen atoms in total. The van der Waals surface area contributed by atoms with Crippen molar-refractivity contribution in [3.8, 4) is 11.4 Å². The Morgan fingerprint density at radius 1 is 1.20 bits per heavy atom. The molecule has 3 rings (SSSR count). The summed E-state index contributed by atoms with van der Waals surface area (Å²) in [6.07, 6.45) is 6.10. The standard InChI is InChI=1S/C15H19FN4/c1-10-18-19-15(11-7-8-13(16)14(17)9-11)20(10)12-5-3-2-4-6-12/h7-9,12H,2-6,17H2,1H3. The van der Waals surface area contributed by atoms with Crippen LogP contribution in [0, 0.1) is 12.7 Å². The number of halogens is 1. The molecule has 1 aromatic carbocycles. The van der Waals surface area contributed by atoms with Gasteiger partial charge in [-0.25, -0.2) is 4.39 Å². The maximum atomic E-state index is 13.3. The summed E-state index contributed by atoms with van der Waals surface area (Å²) in [5.41, 5.74) is 6.64. The summed E-state index contributed by atoms with van der Waals surface area (Å²) in [5, 5.41) is 8.47. The van der Waals surface area contributed by atoms with Gasteiger partial charge in [0, 0.05) is 11.6 Å². The van der Waals surface area contributed by atoms with Gasteiger partial charge in [0.15, 0.2) is 5.82 Å². The first-order valence-electron chi connectivity index (χ1n) is 7.13. The predicted molar refractivity (Wildman–Crippen MR) is 76.7 cm³/mol. The largest absolute Gasteiger partial charge is 0.396 e. The monoisotopic (exact) mass is 274 g/mol. The van der Waals surface area contributed by atoms with Gasteiger partial charge in [-0.15, -0.1) is 10.2 Å². The Morgan fingerprint density at radius 3 is 2.65 bits per heavy atom. The second kappa shape index (κ2) is 5.23. The molecule has 0 radical (unpaired) electrons. The molecule has 0 atom stereocenters. The highest BCUT2D eigenvalue weighted by Gasteiger charge is 2.22. The van der Waals surface area contributed by atoms with Crippen LogP contribution >= 0.6 is 0 Å². The van der Waals surface area contributed by atoms with E-state index in [0.717, 1.165) is 30.1 Å². The highest BCUT2D eigenvalue weighted by atomic mass is 19.1. The maximum Gasteiger partial charge on any atom is 0.164 e. The number of aryl methyl sites for hydroxylation is 1. The van der Waals surface area contributed by atoms with Gasteiger partial charge in [-0.1, -0.05) is 19.3 Å². The Bertz CT molecular complexity index is 614. The number of hydrogen-bond acceptors (Lipinski definition) is 3. The summed E-state index contributed by atoms with van der Waals surface area (Å²) in [7, 11) is 0. The van der Waals surface area contributed by atoms with Gasteiger partial charge in [-0.05, 0) is 38.0 Å². The third kappa shape index (κ3) is 2.28. The van der Waals surface area contributed by atoms with Crippen LogP contribution in [0.4, 0.5) is 10.1 Å². The van der Waals surface area contributed by atoms with Gasteiger partial charge < -0.3 is 10.3 Å². The highest BCUT2D eigenvalue weighted by Crippen LogP contribution is 2.33. The molecular formula is C15H19FN4. The molecule has 2 N–H and O–H groups in total. The fourth-order valence-electron chi connectivity index (χ4n) is 3.03. The molecule has 0 unspecified atom stereocenters. The fraction of sp³-hybridized carbons (Fsp3) is 0.467. The zero-order valence-electron chi connectivity index (χ0n) is 11.6. The number of nitrogens with two attached hydrogens (primary N) is 1. The lowest BCUT2D eigenvalue weighted by Crippen LogP contribution is -2.15. The van der Waals surface area contributed by atoms with Crippen LogP contribution in [0.3, 0.4) is 0 Å². The smallest absolute Gasteiger partial charge is 0.164 e. The van der Waals surface area contributed by atoms with Crippen molar-refractivity contribution in [1.29, 1.82) is 0 Å². The molecule has 5 heteroatoms. The Balaban J connectivity index is 2.03. The van der Waals surface area contributed by atoms with Gasteiger partial charge in [-0.3, -0.25) is 0 Å². The molecule has 0 amide bonds. The van der Waals surface area contributed by atoms with Crippen molar-refractivity contribution in [2.45, 2.75) is 45.1 Å². The van der Waals surface area contributed by atoms with E-state index in [2.05, 4.69) is 14.8 Å². The molecule has 0 saturated heterocycles. The van der Waals surface area contributed by atoms with E-state index in [4.69, 9.17) is 5.73 Å². The molecule has 1 aromatic heterocycles. The Morgan fingerprint density at radius 2 is 1.95 bits per heavy atom. The Labute approximate surface area is 117 Å². The van der Waals surface area contributed by atoms with Gasteiger partial charge in [0.25, 0.3) is 0 Å². The van der Waals surface area contributed by atoms with Crippen molar-refractivity contribution >= 4 is 5.69 Å². The van der Waals surface area contributed by atoms with Gasteiger partial charge in [0.05, 0.1) is 5.69 Å². The van der Waals surface area contributed by atoms with E-state index >= 15 is 0 Å². The first kappa shape index (κ1) is 13.1. The van der Waals surface area contributed by atoms with Crippen LogP contribution < -0.4 is 5.73 Å². The van der Waals surface area contributed by atoms with E-state index in [1.807, 2.05) is 6.92 Å². The lowest BCUT2D eigenvalue weighted by Gasteiger charge is -2.25. The minimum atomic E-state index is -0.394. The Kier molecular flexibility index (Phi) is 3.42.